The number of rotatable bonds is 4. The van der Waals surface area contributed by atoms with Gasteiger partial charge in [-0.15, -0.1) is 0 Å². The van der Waals surface area contributed by atoms with E-state index in [1.165, 1.54) is 13.0 Å². The number of cyclic esters (lactones) is 1. The van der Waals surface area contributed by atoms with Crippen molar-refractivity contribution in [1.82, 2.24) is 10.6 Å². The summed E-state index contributed by atoms with van der Waals surface area (Å²) in [6.07, 6.45) is -1.07. The molecule has 0 spiro atoms. The van der Waals surface area contributed by atoms with E-state index in [0.29, 0.717) is 5.56 Å². The van der Waals surface area contributed by atoms with Crippen LogP contribution in [0.15, 0.2) is 18.2 Å². The van der Waals surface area contributed by atoms with Crippen molar-refractivity contribution in [3.8, 4) is 0 Å². The van der Waals surface area contributed by atoms with E-state index in [-0.39, 0.29) is 18.3 Å². The summed E-state index contributed by atoms with van der Waals surface area (Å²) in [7, 11) is 0. The van der Waals surface area contributed by atoms with Crippen LogP contribution in [-0.4, -0.2) is 43.0 Å². The molecule has 1 aliphatic rings. The fourth-order valence-electron chi connectivity index (χ4n) is 2.53. The van der Waals surface area contributed by atoms with Crippen LogP contribution in [0.3, 0.4) is 0 Å². The Bertz CT molecular complexity index is 601. The first kappa shape index (κ1) is 17.0. The van der Waals surface area contributed by atoms with E-state index in [4.69, 9.17) is 4.74 Å². The van der Waals surface area contributed by atoms with E-state index in [9.17, 15) is 14.0 Å². The van der Waals surface area contributed by atoms with Crippen molar-refractivity contribution in [1.29, 1.82) is 0 Å². The molecular weight excluding hydrogens is 394 g/mol. The second-order valence-electron chi connectivity index (χ2n) is 6.49. The molecule has 1 aromatic carbocycles. The summed E-state index contributed by atoms with van der Waals surface area (Å²) in [5.74, 6) is -0.499. The number of nitrogens with one attached hydrogen (secondary N) is 2. The van der Waals surface area contributed by atoms with Crippen LogP contribution in [0.25, 0.3) is 0 Å². The zero-order chi connectivity index (χ0) is 16.5. The molecule has 2 rings (SSSR count). The van der Waals surface area contributed by atoms with E-state index < -0.39 is 36.6 Å². The van der Waals surface area contributed by atoms with Crippen molar-refractivity contribution >= 4 is 34.0 Å². The summed E-state index contributed by atoms with van der Waals surface area (Å²) in [4.78, 5) is 29.1. The maximum atomic E-state index is 14.4. The molecule has 22 heavy (non-hydrogen) atoms. The number of halogens is 1. The van der Waals surface area contributed by atoms with Gasteiger partial charge in [0, 0.05) is 0 Å². The van der Waals surface area contributed by atoms with E-state index in [1.54, 1.807) is 6.07 Å². The molecule has 2 unspecified atom stereocenters. The van der Waals surface area contributed by atoms with Gasteiger partial charge in [0.25, 0.3) is 0 Å². The van der Waals surface area contributed by atoms with Crippen LogP contribution in [0.5, 0.6) is 0 Å². The molecule has 0 saturated carbocycles. The molecule has 2 N–H and O–H groups in total. The van der Waals surface area contributed by atoms with Crippen LogP contribution in [-0.2, 0) is 9.53 Å². The summed E-state index contributed by atoms with van der Waals surface area (Å²) in [6, 6.07) is 4.51. The zero-order valence-electron chi connectivity index (χ0n) is 13.2. The molecule has 120 valence electrons. The Balaban J connectivity index is 2.33. The first-order chi connectivity index (χ1) is 10.2. The van der Waals surface area contributed by atoms with Crippen LogP contribution < -0.4 is 14.2 Å². The van der Waals surface area contributed by atoms with Crippen molar-refractivity contribution in [2.24, 2.45) is 0 Å². The Morgan fingerprint density at radius 2 is 2.14 bits per heavy atom. The third-order valence-electron chi connectivity index (χ3n) is 3.60. The van der Waals surface area contributed by atoms with Gasteiger partial charge in [-0.2, -0.15) is 0 Å². The average molecular weight is 415 g/mol. The van der Waals surface area contributed by atoms with Gasteiger partial charge in [-0.25, -0.2) is 0 Å². The van der Waals surface area contributed by atoms with Gasteiger partial charge in [0.2, 0.25) is 0 Å². The third kappa shape index (κ3) is 3.91. The predicted molar refractivity (Wildman–Crippen MR) is 84.2 cm³/mol. The molecule has 2 amide bonds. The van der Waals surface area contributed by atoms with Crippen LogP contribution >= 0.6 is 0 Å². The van der Waals surface area contributed by atoms with Crippen molar-refractivity contribution in [2.75, 3.05) is 6.54 Å². The Labute approximate surface area is 133 Å². The number of hydrogen-bond acceptors (Lipinski definition) is 3. The molecule has 0 aromatic heterocycles. The van der Waals surface area contributed by atoms with E-state index >= 15 is 0 Å². The van der Waals surface area contributed by atoms with Gasteiger partial charge in [0.05, 0.1) is 0 Å². The topological polar surface area (TPSA) is 67.4 Å². The SMILES string of the molecule is CC(=O)NC(c1cc[c]([Sn]([CH3])([CH3])[CH3])c(F)c1)C1CNC(=O)O1. The van der Waals surface area contributed by atoms with Gasteiger partial charge >= 0.3 is 133 Å². The summed E-state index contributed by atoms with van der Waals surface area (Å²) in [5, 5.41) is 5.29. The Morgan fingerprint density at radius 3 is 2.59 bits per heavy atom. The molecule has 0 radical (unpaired) electrons. The number of carbonyl (C=O) groups excluding carboxylic acids is 2. The molecule has 0 aliphatic carbocycles. The Morgan fingerprint density at radius 1 is 1.45 bits per heavy atom. The van der Waals surface area contributed by atoms with Crippen LogP contribution in [0, 0.1) is 5.82 Å². The molecule has 7 heteroatoms. The van der Waals surface area contributed by atoms with Gasteiger partial charge in [-0.1, -0.05) is 0 Å². The van der Waals surface area contributed by atoms with E-state index in [0.717, 1.165) is 3.58 Å². The zero-order valence-corrected chi connectivity index (χ0v) is 16.1. The Hall–Kier alpha value is -1.31. The standard InChI is InChI=1S/C12H12FN2O3.3CH3.Sn/c1-7(16)15-11(10-6-14-12(17)18-10)8-3-2-4-9(13)5-8;;;;/h2-3,5,10-11H,6H2,1H3,(H,14,17)(H,15,16);3*1H3;. The molecule has 2 atom stereocenters. The monoisotopic (exact) mass is 416 g/mol. The molecular formula is C15H21FN2O3Sn. The molecule has 1 heterocycles. The number of alkyl carbamates (subject to hydrolysis) is 1. The summed E-state index contributed by atoms with van der Waals surface area (Å²) in [6.45, 7) is 1.67. The second kappa shape index (κ2) is 6.44. The fraction of sp³-hybridized carbons (Fsp3) is 0.467. The van der Waals surface area contributed by atoms with Crippen molar-refractivity contribution < 1.29 is 18.7 Å². The van der Waals surface area contributed by atoms with Crippen LogP contribution in [0.2, 0.25) is 14.8 Å². The van der Waals surface area contributed by atoms with Crippen molar-refractivity contribution in [2.45, 2.75) is 33.9 Å². The molecule has 1 saturated heterocycles. The predicted octanol–water partition coefficient (Wildman–Crippen LogP) is 1.66. The maximum absolute atomic E-state index is 14.4. The number of benzene rings is 1. The molecule has 1 aliphatic heterocycles. The molecule has 0 bridgehead atoms. The van der Waals surface area contributed by atoms with Gasteiger partial charge in [0.1, 0.15) is 0 Å². The quantitative estimate of drug-likeness (QED) is 0.736. The number of ether oxygens (including phenoxy) is 1. The first-order valence-electron chi connectivity index (χ1n) is 7.20. The fourth-order valence-corrected chi connectivity index (χ4v) is 6.45. The molecule has 1 aromatic rings. The Kier molecular flexibility index (Phi) is 4.99. The third-order valence-corrected chi connectivity index (χ3v) is 9.37. The summed E-state index contributed by atoms with van der Waals surface area (Å²) in [5.41, 5.74) is 0.605. The van der Waals surface area contributed by atoms with Gasteiger partial charge in [-0.05, 0) is 0 Å². The van der Waals surface area contributed by atoms with E-state index in [2.05, 4.69) is 25.5 Å². The summed E-state index contributed by atoms with van der Waals surface area (Å²) < 4.78 is 20.4. The normalized spacial score (nSPS) is 19.3. The van der Waals surface area contributed by atoms with Crippen LogP contribution in [0.4, 0.5) is 9.18 Å². The van der Waals surface area contributed by atoms with Gasteiger partial charge in [0.15, 0.2) is 0 Å². The van der Waals surface area contributed by atoms with Crippen LogP contribution in [0.1, 0.15) is 18.5 Å². The van der Waals surface area contributed by atoms with Crippen molar-refractivity contribution in [3.05, 3.63) is 29.6 Å². The minimum atomic E-state index is -2.52. The van der Waals surface area contributed by atoms with E-state index in [1.807, 2.05) is 6.07 Å². The number of hydrogen-bond donors (Lipinski definition) is 2. The molecule has 5 nitrogen and oxygen atoms in total. The number of carbonyl (C=O) groups is 2. The minimum absolute atomic E-state index is 0.242. The summed E-state index contributed by atoms with van der Waals surface area (Å²) >= 11 is -2.52. The molecule has 1 fully saturated rings. The van der Waals surface area contributed by atoms with Gasteiger partial charge in [-0.3, -0.25) is 0 Å². The van der Waals surface area contributed by atoms with Crippen molar-refractivity contribution in [3.63, 3.8) is 0 Å². The average Bonchev–Trinajstić information content (AvgIpc) is 2.80. The van der Waals surface area contributed by atoms with Gasteiger partial charge < -0.3 is 0 Å². The number of amides is 2. The first-order valence-corrected chi connectivity index (χ1v) is 17.2. The second-order valence-corrected chi connectivity index (χ2v) is 20.9.